The lowest BCUT2D eigenvalue weighted by Crippen LogP contribution is -2.29. The van der Waals surface area contributed by atoms with Crippen LogP contribution in [0.4, 0.5) is 0 Å². The normalized spacial score (nSPS) is 10.7. The SMILES string of the molecule is O=C(CCc1ccco1)NCC(c1ccccc1)c1ccccc1. The number of carbonyl (C=O) groups is 1. The summed E-state index contributed by atoms with van der Waals surface area (Å²) in [5, 5.41) is 3.06. The molecule has 3 heteroatoms. The molecule has 0 fully saturated rings. The van der Waals surface area contributed by atoms with Crippen molar-refractivity contribution in [2.24, 2.45) is 0 Å². The first kappa shape index (κ1) is 16.1. The fraction of sp³-hybridized carbons (Fsp3) is 0.190. The third kappa shape index (κ3) is 4.35. The molecule has 1 N–H and O–H groups in total. The van der Waals surface area contributed by atoms with Crippen molar-refractivity contribution in [3.63, 3.8) is 0 Å². The number of hydrogen-bond donors (Lipinski definition) is 1. The molecular weight excluding hydrogens is 298 g/mol. The van der Waals surface area contributed by atoms with Gasteiger partial charge in [0.25, 0.3) is 0 Å². The molecule has 3 aromatic rings. The smallest absolute Gasteiger partial charge is 0.220 e. The van der Waals surface area contributed by atoms with Gasteiger partial charge >= 0.3 is 0 Å². The molecule has 0 aliphatic heterocycles. The van der Waals surface area contributed by atoms with E-state index in [-0.39, 0.29) is 11.8 Å². The van der Waals surface area contributed by atoms with E-state index in [2.05, 4.69) is 29.6 Å². The average molecular weight is 319 g/mol. The van der Waals surface area contributed by atoms with E-state index < -0.39 is 0 Å². The molecule has 0 bridgehead atoms. The number of benzene rings is 2. The highest BCUT2D eigenvalue weighted by Gasteiger charge is 2.15. The van der Waals surface area contributed by atoms with Crippen molar-refractivity contribution in [1.29, 1.82) is 0 Å². The number of aryl methyl sites for hydroxylation is 1. The van der Waals surface area contributed by atoms with E-state index in [1.807, 2.05) is 48.5 Å². The van der Waals surface area contributed by atoms with E-state index in [1.165, 1.54) is 11.1 Å². The Morgan fingerprint density at radius 1 is 0.875 bits per heavy atom. The number of amides is 1. The van der Waals surface area contributed by atoms with Gasteiger partial charge in [-0.2, -0.15) is 0 Å². The summed E-state index contributed by atoms with van der Waals surface area (Å²) in [6.45, 7) is 0.588. The van der Waals surface area contributed by atoms with Crippen molar-refractivity contribution in [3.05, 3.63) is 95.9 Å². The molecular formula is C21H21NO2. The maximum atomic E-state index is 12.2. The highest BCUT2D eigenvalue weighted by molar-refractivity contribution is 5.76. The lowest BCUT2D eigenvalue weighted by Gasteiger charge is -2.18. The molecule has 3 rings (SSSR count). The summed E-state index contributed by atoms with van der Waals surface area (Å²) in [6.07, 6.45) is 2.69. The van der Waals surface area contributed by atoms with Gasteiger partial charge < -0.3 is 9.73 Å². The average Bonchev–Trinajstić information content (AvgIpc) is 3.16. The fourth-order valence-electron chi connectivity index (χ4n) is 2.79. The number of furan rings is 1. The number of carbonyl (C=O) groups excluding carboxylic acids is 1. The highest BCUT2D eigenvalue weighted by Crippen LogP contribution is 2.23. The first-order chi connectivity index (χ1) is 11.8. The Morgan fingerprint density at radius 2 is 1.50 bits per heavy atom. The molecule has 24 heavy (non-hydrogen) atoms. The summed E-state index contributed by atoms with van der Waals surface area (Å²) in [5.74, 6) is 1.04. The van der Waals surface area contributed by atoms with Gasteiger partial charge in [0.1, 0.15) is 5.76 Å². The van der Waals surface area contributed by atoms with E-state index in [0.717, 1.165) is 5.76 Å². The minimum absolute atomic E-state index is 0.0447. The van der Waals surface area contributed by atoms with Crippen LogP contribution in [0.25, 0.3) is 0 Å². The molecule has 1 amide bonds. The molecule has 0 saturated carbocycles. The zero-order chi connectivity index (χ0) is 16.6. The molecule has 0 radical (unpaired) electrons. The summed E-state index contributed by atoms with van der Waals surface area (Å²) in [7, 11) is 0. The Morgan fingerprint density at radius 3 is 2.04 bits per heavy atom. The van der Waals surface area contributed by atoms with E-state index in [4.69, 9.17) is 4.42 Å². The van der Waals surface area contributed by atoms with Gasteiger partial charge in [-0.15, -0.1) is 0 Å². The van der Waals surface area contributed by atoms with E-state index in [0.29, 0.717) is 19.4 Å². The number of rotatable bonds is 7. The van der Waals surface area contributed by atoms with Crippen LogP contribution in [-0.2, 0) is 11.2 Å². The molecule has 0 atom stereocenters. The minimum Gasteiger partial charge on any atom is -0.469 e. The van der Waals surface area contributed by atoms with Crippen LogP contribution < -0.4 is 5.32 Å². The van der Waals surface area contributed by atoms with Gasteiger partial charge in [-0.25, -0.2) is 0 Å². The van der Waals surface area contributed by atoms with Crippen LogP contribution in [0.2, 0.25) is 0 Å². The van der Waals surface area contributed by atoms with Crippen LogP contribution in [0.15, 0.2) is 83.5 Å². The van der Waals surface area contributed by atoms with Crippen LogP contribution in [0, 0.1) is 0 Å². The van der Waals surface area contributed by atoms with Gasteiger partial charge in [-0.1, -0.05) is 60.7 Å². The molecule has 0 saturated heterocycles. The van der Waals surface area contributed by atoms with Crippen LogP contribution >= 0.6 is 0 Å². The topological polar surface area (TPSA) is 42.2 Å². The van der Waals surface area contributed by atoms with Gasteiger partial charge in [0.05, 0.1) is 6.26 Å². The summed E-state index contributed by atoms with van der Waals surface area (Å²) in [5.41, 5.74) is 2.41. The molecule has 0 aliphatic carbocycles. The van der Waals surface area contributed by atoms with Gasteiger partial charge in [-0.3, -0.25) is 4.79 Å². The van der Waals surface area contributed by atoms with Crippen molar-refractivity contribution < 1.29 is 9.21 Å². The second kappa shape index (κ2) is 8.16. The fourth-order valence-corrected chi connectivity index (χ4v) is 2.79. The lowest BCUT2D eigenvalue weighted by atomic mass is 9.91. The van der Waals surface area contributed by atoms with Crippen molar-refractivity contribution in [2.75, 3.05) is 6.54 Å². The summed E-state index contributed by atoms with van der Waals surface area (Å²) in [4.78, 5) is 12.2. The summed E-state index contributed by atoms with van der Waals surface area (Å²) in [6, 6.07) is 24.3. The Labute approximate surface area is 142 Å². The first-order valence-electron chi connectivity index (χ1n) is 8.22. The van der Waals surface area contributed by atoms with Crippen molar-refractivity contribution in [3.8, 4) is 0 Å². The van der Waals surface area contributed by atoms with E-state index in [1.54, 1.807) is 6.26 Å². The molecule has 2 aromatic carbocycles. The second-order valence-electron chi connectivity index (χ2n) is 5.76. The minimum atomic E-state index is 0.0447. The van der Waals surface area contributed by atoms with Crippen molar-refractivity contribution >= 4 is 5.91 Å². The Hall–Kier alpha value is -2.81. The molecule has 0 unspecified atom stereocenters. The quantitative estimate of drug-likeness (QED) is 0.710. The van der Waals surface area contributed by atoms with Crippen LogP contribution in [0.3, 0.4) is 0 Å². The lowest BCUT2D eigenvalue weighted by molar-refractivity contribution is -0.121. The third-order valence-electron chi connectivity index (χ3n) is 4.09. The summed E-state index contributed by atoms with van der Waals surface area (Å²) < 4.78 is 5.27. The molecule has 122 valence electrons. The third-order valence-corrected chi connectivity index (χ3v) is 4.09. The van der Waals surface area contributed by atoms with Crippen molar-refractivity contribution in [2.45, 2.75) is 18.8 Å². The molecule has 0 spiro atoms. The zero-order valence-electron chi connectivity index (χ0n) is 13.5. The summed E-state index contributed by atoms with van der Waals surface area (Å²) >= 11 is 0. The van der Waals surface area contributed by atoms with Gasteiger partial charge in [-0.05, 0) is 23.3 Å². The molecule has 1 aromatic heterocycles. The maximum absolute atomic E-state index is 12.2. The standard InChI is InChI=1S/C21H21NO2/c23-21(14-13-19-12-7-15-24-19)22-16-20(17-8-3-1-4-9-17)18-10-5-2-6-11-18/h1-12,15,20H,13-14,16H2,(H,22,23). The molecule has 1 heterocycles. The monoisotopic (exact) mass is 319 g/mol. The molecule has 0 aliphatic rings. The van der Waals surface area contributed by atoms with E-state index >= 15 is 0 Å². The Balaban J connectivity index is 1.63. The maximum Gasteiger partial charge on any atom is 0.220 e. The second-order valence-corrected chi connectivity index (χ2v) is 5.76. The van der Waals surface area contributed by atoms with Gasteiger partial charge in [0.15, 0.2) is 0 Å². The van der Waals surface area contributed by atoms with E-state index in [9.17, 15) is 4.79 Å². The van der Waals surface area contributed by atoms with Crippen molar-refractivity contribution in [1.82, 2.24) is 5.32 Å². The van der Waals surface area contributed by atoms with Gasteiger partial charge in [0.2, 0.25) is 5.91 Å². The largest absolute Gasteiger partial charge is 0.469 e. The predicted molar refractivity (Wildman–Crippen MR) is 94.8 cm³/mol. The number of hydrogen-bond acceptors (Lipinski definition) is 2. The van der Waals surface area contributed by atoms with Crippen LogP contribution in [0.1, 0.15) is 29.2 Å². The number of nitrogens with one attached hydrogen (secondary N) is 1. The van der Waals surface area contributed by atoms with Crippen LogP contribution in [0.5, 0.6) is 0 Å². The zero-order valence-corrected chi connectivity index (χ0v) is 13.5. The highest BCUT2D eigenvalue weighted by atomic mass is 16.3. The van der Waals surface area contributed by atoms with Gasteiger partial charge in [0, 0.05) is 25.3 Å². The molecule has 3 nitrogen and oxygen atoms in total. The first-order valence-corrected chi connectivity index (χ1v) is 8.22. The predicted octanol–water partition coefficient (Wildman–Crippen LogP) is 4.16. The van der Waals surface area contributed by atoms with Crippen LogP contribution in [-0.4, -0.2) is 12.5 Å². The Kier molecular flexibility index (Phi) is 5.46. The Bertz CT molecular complexity index is 697.